The number of aromatic nitrogens is 2. The minimum atomic E-state index is -1.19. The van der Waals surface area contributed by atoms with E-state index in [1.54, 1.807) is 6.92 Å². The molecule has 0 spiro atoms. The fraction of sp³-hybridized carbons (Fsp3) is 0.375. The highest BCUT2D eigenvalue weighted by Gasteiger charge is 2.06. The number of carbonyl (C=O) groups excluding carboxylic acids is 1. The second kappa shape index (κ2) is 3.91. The van der Waals surface area contributed by atoms with E-state index in [0.717, 1.165) is 0 Å². The van der Waals surface area contributed by atoms with Gasteiger partial charge in [0.15, 0.2) is 0 Å². The number of nitrogens with one attached hydrogen (secondary N) is 1. The Morgan fingerprint density at radius 1 is 1.64 bits per heavy atom. The van der Waals surface area contributed by atoms with E-state index < -0.39 is 11.5 Å². The molecule has 1 heterocycles. The highest BCUT2D eigenvalue weighted by Crippen LogP contribution is 2.02. The summed E-state index contributed by atoms with van der Waals surface area (Å²) in [5.74, 6) is -1.16. The lowest BCUT2D eigenvalue weighted by Gasteiger charge is -2.05. The molecule has 14 heavy (non-hydrogen) atoms. The van der Waals surface area contributed by atoms with Gasteiger partial charge in [0.25, 0.3) is 5.56 Å². The molecule has 0 amide bonds. The molecule has 1 aromatic heterocycles. The fourth-order valence-electron chi connectivity index (χ4n) is 1.15. The van der Waals surface area contributed by atoms with Gasteiger partial charge >= 0.3 is 0 Å². The predicted molar refractivity (Wildman–Crippen MR) is 47.3 cm³/mol. The summed E-state index contributed by atoms with van der Waals surface area (Å²) in [6.07, 6.45) is -0.0910. The average Bonchev–Trinajstić information content (AvgIpc) is 2.01. The topological polar surface area (TPSA) is 112 Å². The Kier molecular flexibility index (Phi) is 2.85. The minimum absolute atomic E-state index is 0.0321. The quantitative estimate of drug-likeness (QED) is 0.601. The molecule has 6 heteroatoms. The monoisotopic (exact) mass is 196 g/mol. The van der Waals surface area contributed by atoms with Gasteiger partial charge in [0, 0.05) is 17.2 Å². The van der Waals surface area contributed by atoms with Gasteiger partial charge in [0.1, 0.15) is 0 Å². The molecule has 0 fully saturated rings. The zero-order chi connectivity index (χ0) is 10.7. The lowest BCUT2D eigenvalue weighted by molar-refractivity contribution is -0.305. The normalized spacial score (nSPS) is 10.1. The van der Waals surface area contributed by atoms with Crippen LogP contribution in [0.4, 0.5) is 5.95 Å². The number of H-pyrrole nitrogens is 1. The Labute approximate surface area is 79.8 Å². The van der Waals surface area contributed by atoms with Crippen molar-refractivity contribution in [2.75, 3.05) is 5.73 Å². The van der Waals surface area contributed by atoms with Crippen molar-refractivity contribution in [3.05, 3.63) is 21.6 Å². The van der Waals surface area contributed by atoms with Crippen LogP contribution in [0.2, 0.25) is 0 Å². The Morgan fingerprint density at radius 3 is 2.79 bits per heavy atom. The Balaban J connectivity index is 2.97. The lowest BCUT2D eigenvalue weighted by atomic mass is 10.1. The number of hydrogen-bond acceptors (Lipinski definition) is 5. The van der Waals surface area contributed by atoms with Crippen LogP contribution in [-0.2, 0) is 11.2 Å². The predicted octanol–water partition coefficient (Wildman–Crippen LogP) is -1.66. The van der Waals surface area contributed by atoms with Gasteiger partial charge in [0.05, 0.1) is 0 Å². The van der Waals surface area contributed by atoms with Crippen LogP contribution >= 0.6 is 0 Å². The molecule has 1 aromatic rings. The summed E-state index contributed by atoms with van der Waals surface area (Å²) in [6, 6.07) is 0. The summed E-state index contributed by atoms with van der Waals surface area (Å²) in [6.45, 7) is 1.61. The van der Waals surface area contributed by atoms with Crippen molar-refractivity contribution in [1.29, 1.82) is 0 Å². The van der Waals surface area contributed by atoms with Crippen LogP contribution in [0.1, 0.15) is 17.7 Å². The SMILES string of the molecule is Cc1nc(N)[nH]c(=O)c1CCC(=O)[O-]. The Morgan fingerprint density at radius 2 is 2.29 bits per heavy atom. The van der Waals surface area contributed by atoms with Crippen LogP contribution in [0.3, 0.4) is 0 Å². The number of nitrogens with two attached hydrogens (primary N) is 1. The van der Waals surface area contributed by atoms with Gasteiger partial charge in [-0.3, -0.25) is 9.78 Å². The summed E-state index contributed by atoms with van der Waals surface area (Å²) in [5, 5.41) is 10.2. The zero-order valence-electron chi connectivity index (χ0n) is 7.66. The minimum Gasteiger partial charge on any atom is -0.550 e. The van der Waals surface area contributed by atoms with E-state index in [2.05, 4.69) is 9.97 Å². The largest absolute Gasteiger partial charge is 0.550 e. The third-order valence-electron chi connectivity index (χ3n) is 1.82. The number of aryl methyl sites for hydroxylation is 1. The van der Waals surface area contributed by atoms with Crippen molar-refractivity contribution in [3.8, 4) is 0 Å². The third-order valence-corrected chi connectivity index (χ3v) is 1.82. The summed E-state index contributed by atoms with van der Waals surface area (Å²) in [5.41, 5.74) is 5.68. The van der Waals surface area contributed by atoms with E-state index in [9.17, 15) is 14.7 Å². The van der Waals surface area contributed by atoms with Crippen molar-refractivity contribution < 1.29 is 9.90 Å². The molecular formula is C8H10N3O3-. The molecule has 0 aromatic carbocycles. The first-order valence-corrected chi connectivity index (χ1v) is 4.06. The van der Waals surface area contributed by atoms with Crippen molar-refractivity contribution in [1.82, 2.24) is 9.97 Å². The van der Waals surface area contributed by atoms with E-state index in [1.165, 1.54) is 0 Å². The molecule has 0 saturated heterocycles. The number of rotatable bonds is 3. The number of carboxylic acid groups (broad SMARTS) is 1. The van der Waals surface area contributed by atoms with Crippen molar-refractivity contribution in [2.24, 2.45) is 0 Å². The molecule has 0 radical (unpaired) electrons. The maximum Gasteiger partial charge on any atom is 0.255 e. The number of aromatic amines is 1. The average molecular weight is 196 g/mol. The van der Waals surface area contributed by atoms with E-state index in [-0.39, 0.29) is 18.8 Å². The smallest absolute Gasteiger partial charge is 0.255 e. The second-order valence-corrected chi connectivity index (χ2v) is 2.89. The van der Waals surface area contributed by atoms with Crippen molar-refractivity contribution >= 4 is 11.9 Å². The van der Waals surface area contributed by atoms with E-state index in [0.29, 0.717) is 11.3 Å². The Bertz CT molecular complexity index is 411. The molecule has 0 aliphatic carbocycles. The molecule has 3 N–H and O–H groups in total. The van der Waals surface area contributed by atoms with E-state index in [1.807, 2.05) is 0 Å². The summed E-state index contributed by atoms with van der Waals surface area (Å²) in [4.78, 5) is 27.6. The van der Waals surface area contributed by atoms with Gasteiger partial charge in [-0.1, -0.05) is 0 Å². The van der Waals surface area contributed by atoms with Crippen LogP contribution < -0.4 is 16.4 Å². The number of carboxylic acids is 1. The van der Waals surface area contributed by atoms with Crippen LogP contribution in [0.25, 0.3) is 0 Å². The van der Waals surface area contributed by atoms with E-state index >= 15 is 0 Å². The van der Waals surface area contributed by atoms with Crippen LogP contribution in [0.15, 0.2) is 4.79 Å². The molecule has 0 unspecified atom stereocenters. The molecule has 0 aliphatic rings. The molecule has 1 rings (SSSR count). The fourth-order valence-corrected chi connectivity index (χ4v) is 1.15. The summed E-state index contributed by atoms with van der Waals surface area (Å²) < 4.78 is 0. The highest BCUT2D eigenvalue weighted by atomic mass is 16.4. The van der Waals surface area contributed by atoms with Gasteiger partial charge in [0.2, 0.25) is 5.95 Å². The van der Waals surface area contributed by atoms with Crippen molar-refractivity contribution in [2.45, 2.75) is 19.8 Å². The number of anilines is 1. The van der Waals surface area contributed by atoms with Gasteiger partial charge in [-0.2, -0.15) is 0 Å². The Hall–Kier alpha value is -1.85. The maximum atomic E-state index is 11.3. The zero-order valence-corrected chi connectivity index (χ0v) is 7.66. The van der Waals surface area contributed by atoms with Gasteiger partial charge in [-0.25, -0.2) is 4.98 Å². The van der Waals surface area contributed by atoms with Gasteiger partial charge in [-0.15, -0.1) is 0 Å². The second-order valence-electron chi connectivity index (χ2n) is 2.89. The van der Waals surface area contributed by atoms with Crippen LogP contribution in [0.5, 0.6) is 0 Å². The lowest BCUT2D eigenvalue weighted by Crippen LogP contribution is -2.25. The van der Waals surface area contributed by atoms with Gasteiger partial charge < -0.3 is 15.6 Å². The number of hydrogen-bond donors (Lipinski definition) is 2. The number of carbonyl (C=O) groups is 1. The number of nitrogen functional groups attached to an aromatic ring is 1. The molecule has 0 atom stereocenters. The molecule has 0 aliphatic heterocycles. The number of nitrogens with zero attached hydrogens (tertiary/aromatic N) is 1. The molecule has 6 nitrogen and oxygen atoms in total. The number of aliphatic carboxylic acids is 1. The summed E-state index contributed by atoms with van der Waals surface area (Å²) >= 11 is 0. The molecule has 0 bridgehead atoms. The van der Waals surface area contributed by atoms with Gasteiger partial charge in [-0.05, 0) is 19.8 Å². The first kappa shape index (κ1) is 10.2. The molecule has 0 saturated carbocycles. The standard InChI is InChI=1S/C8H11N3O3/c1-4-5(2-3-6(12)13)7(14)11-8(9)10-4/h2-3H2,1H3,(H,12,13)(H3,9,10,11,14)/p-1. The van der Waals surface area contributed by atoms with Crippen LogP contribution in [-0.4, -0.2) is 15.9 Å². The molecule has 76 valence electrons. The first-order chi connectivity index (χ1) is 6.50. The third kappa shape index (κ3) is 2.32. The van der Waals surface area contributed by atoms with Crippen molar-refractivity contribution in [3.63, 3.8) is 0 Å². The van der Waals surface area contributed by atoms with E-state index in [4.69, 9.17) is 5.73 Å². The summed E-state index contributed by atoms with van der Waals surface area (Å²) in [7, 11) is 0. The molecular weight excluding hydrogens is 186 g/mol. The maximum absolute atomic E-state index is 11.3. The highest BCUT2D eigenvalue weighted by molar-refractivity contribution is 5.64. The first-order valence-electron chi connectivity index (χ1n) is 4.06. The van der Waals surface area contributed by atoms with Crippen LogP contribution in [0, 0.1) is 6.92 Å².